The molecule has 12 nitrogen and oxygen atoms in total. The van der Waals surface area contributed by atoms with E-state index >= 15 is 0 Å². The molecule has 2 aliphatic rings. The van der Waals surface area contributed by atoms with Crippen LogP contribution < -0.4 is 21.1 Å². The molecule has 1 aromatic heterocycles. The highest BCUT2D eigenvalue weighted by Gasteiger charge is 2.48. The molecule has 1 unspecified atom stereocenters. The minimum atomic E-state index is -1.84. The van der Waals surface area contributed by atoms with E-state index in [1.165, 1.54) is 6.07 Å². The zero-order chi connectivity index (χ0) is 19.7. The van der Waals surface area contributed by atoms with Crippen molar-refractivity contribution >= 4 is 17.6 Å². The number of aromatic nitrogens is 2. The van der Waals surface area contributed by atoms with Crippen LogP contribution in [0.15, 0.2) is 6.07 Å². The second kappa shape index (κ2) is 7.68. The number of aliphatic carboxylic acids is 1. The minimum absolute atomic E-state index is 0.0149. The molecule has 0 amide bonds. The number of rotatable bonds is 4. The maximum absolute atomic E-state index is 11.1. The van der Waals surface area contributed by atoms with Gasteiger partial charge >= 0.3 is 5.97 Å². The Kier molecular flexibility index (Phi) is 5.51. The monoisotopic (exact) mass is 385 g/mol. The van der Waals surface area contributed by atoms with Gasteiger partial charge < -0.3 is 40.6 Å². The second-order valence-corrected chi connectivity index (χ2v) is 6.55. The summed E-state index contributed by atoms with van der Waals surface area (Å²) in [5, 5.41) is 46.6. The molecule has 3 rings (SSSR count). The first kappa shape index (κ1) is 19.4. The molecule has 2 aliphatic heterocycles. The number of nitrogens with zero attached hydrogens (tertiary/aromatic N) is 3. The number of hydrogen-bond donors (Lipinski definition) is 6. The van der Waals surface area contributed by atoms with Gasteiger partial charge in [-0.1, -0.05) is 0 Å². The Labute approximate surface area is 153 Å². The summed E-state index contributed by atoms with van der Waals surface area (Å²) in [7, 11) is 0. The van der Waals surface area contributed by atoms with Crippen molar-refractivity contribution in [2.24, 2.45) is 0 Å². The molecule has 0 spiro atoms. The Morgan fingerprint density at radius 3 is 2.48 bits per heavy atom. The lowest BCUT2D eigenvalue weighted by Gasteiger charge is -2.38. The van der Waals surface area contributed by atoms with Crippen LogP contribution in [-0.2, 0) is 9.53 Å². The molecule has 3 heterocycles. The number of aliphatic hydroxyl groups is 3. The van der Waals surface area contributed by atoms with Crippen LogP contribution in [0.1, 0.15) is 19.3 Å². The lowest BCUT2D eigenvalue weighted by Crippen LogP contribution is -2.62. The van der Waals surface area contributed by atoms with Gasteiger partial charge in [-0.3, -0.25) is 5.41 Å². The summed E-state index contributed by atoms with van der Waals surface area (Å²) in [6, 6.07) is 1.50. The molecule has 5 atom stereocenters. The minimum Gasteiger partial charge on any atom is -0.479 e. The van der Waals surface area contributed by atoms with Crippen molar-refractivity contribution in [3.63, 3.8) is 0 Å². The van der Waals surface area contributed by atoms with Crippen LogP contribution in [0.3, 0.4) is 0 Å². The van der Waals surface area contributed by atoms with Crippen LogP contribution in [0, 0.1) is 5.41 Å². The van der Waals surface area contributed by atoms with E-state index in [4.69, 9.17) is 25.8 Å². The lowest BCUT2D eigenvalue weighted by molar-refractivity contribution is -0.294. The molecule has 0 saturated carbocycles. The lowest BCUT2D eigenvalue weighted by atomic mass is 9.99. The molecule has 0 aromatic carbocycles. The van der Waals surface area contributed by atoms with Crippen LogP contribution in [0.5, 0.6) is 0 Å². The van der Waals surface area contributed by atoms with E-state index in [-0.39, 0.29) is 11.4 Å². The van der Waals surface area contributed by atoms with Crippen molar-refractivity contribution in [2.75, 3.05) is 23.7 Å². The molecule has 0 aliphatic carbocycles. The molecule has 27 heavy (non-hydrogen) atoms. The quantitative estimate of drug-likeness (QED) is 0.317. The average Bonchev–Trinajstić information content (AvgIpc) is 2.64. The van der Waals surface area contributed by atoms with Crippen molar-refractivity contribution in [1.82, 2.24) is 9.71 Å². The summed E-state index contributed by atoms with van der Waals surface area (Å²) in [5.74, 6) is -1.04. The van der Waals surface area contributed by atoms with E-state index in [9.17, 15) is 20.1 Å². The van der Waals surface area contributed by atoms with Crippen molar-refractivity contribution in [3.8, 4) is 0 Å². The van der Waals surface area contributed by atoms with Crippen LogP contribution in [0.2, 0.25) is 0 Å². The van der Waals surface area contributed by atoms with E-state index in [0.717, 1.165) is 37.1 Å². The predicted octanol–water partition coefficient (Wildman–Crippen LogP) is -2.74. The summed E-state index contributed by atoms with van der Waals surface area (Å²) in [6.45, 7) is 1.59. The molecule has 150 valence electrons. The molecular weight excluding hydrogens is 362 g/mol. The first-order valence-electron chi connectivity index (χ1n) is 8.58. The summed E-state index contributed by atoms with van der Waals surface area (Å²) < 4.78 is 5.79. The first-order valence-corrected chi connectivity index (χ1v) is 8.58. The van der Waals surface area contributed by atoms with Crippen LogP contribution in [0.25, 0.3) is 0 Å². The molecule has 2 saturated heterocycles. The van der Waals surface area contributed by atoms with E-state index < -0.39 is 36.7 Å². The molecule has 2 fully saturated rings. The average molecular weight is 385 g/mol. The highest BCUT2D eigenvalue weighted by molar-refractivity contribution is 5.73. The number of carboxylic acids is 1. The Bertz CT molecular complexity index is 751. The fourth-order valence-corrected chi connectivity index (χ4v) is 3.14. The number of hydrogen-bond acceptors (Lipinski definition) is 10. The maximum Gasteiger partial charge on any atom is 0.335 e. The first-order chi connectivity index (χ1) is 12.8. The van der Waals surface area contributed by atoms with Crippen molar-refractivity contribution in [1.29, 1.82) is 5.41 Å². The smallest absolute Gasteiger partial charge is 0.335 e. The van der Waals surface area contributed by atoms with E-state index in [1.807, 2.05) is 4.90 Å². The number of aliphatic hydroxyl groups excluding tert-OH is 3. The maximum atomic E-state index is 11.1. The number of nitrogens with one attached hydrogen (secondary N) is 1. The Balaban J connectivity index is 1.82. The number of anilines is 2. The molecule has 7 N–H and O–H groups in total. The standard InChI is InChI=1S/C15H23N5O7/c16-7-6-8(19-4-2-1-3-5-19)18-15(17)20(7)27-14-11(23)9(21)10(22)12(26-14)13(24)25/h6,9-12,14,17,21-23H,1-5,16H2,(H,24,25)/t9-,10-,11+,12-,14?/m0/s1. The van der Waals surface area contributed by atoms with Crippen LogP contribution in [-0.4, -0.2) is 79.9 Å². The van der Waals surface area contributed by atoms with Gasteiger partial charge in [0.25, 0.3) is 11.9 Å². The molecule has 1 aromatic rings. The third kappa shape index (κ3) is 3.83. The van der Waals surface area contributed by atoms with E-state index in [0.29, 0.717) is 5.82 Å². The zero-order valence-electron chi connectivity index (χ0n) is 14.4. The molecule has 12 heteroatoms. The van der Waals surface area contributed by atoms with Gasteiger partial charge in [0.05, 0.1) is 0 Å². The Morgan fingerprint density at radius 2 is 1.89 bits per heavy atom. The van der Waals surface area contributed by atoms with Crippen molar-refractivity contribution in [2.45, 2.75) is 50.0 Å². The third-order valence-corrected chi connectivity index (χ3v) is 4.63. The summed E-state index contributed by atoms with van der Waals surface area (Å²) in [5.41, 5.74) is 5.54. The summed E-state index contributed by atoms with van der Waals surface area (Å²) in [6.07, 6.45) is -5.75. The molecular formula is C15H23N5O7. The topological polar surface area (TPSA) is 187 Å². The largest absolute Gasteiger partial charge is 0.479 e. The van der Waals surface area contributed by atoms with Gasteiger partial charge in [-0.2, -0.15) is 4.98 Å². The van der Waals surface area contributed by atoms with Gasteiger partial charge in [0.2, 0.25) is 0 Å². The van der Waals surface area contributed by atoms with Crippen LogP contribution in [0.4, 0.5) is 11.6 Å². The Morgan fingerprint density at radius 1 is 1.22 bits per heavy atom. The number of piperidine rings is 1. The van der Waals surface area contributed by atoms with Gasteiger partial charge in [-0.05, 0) is 19.3 Å². The fraction of sp³-hybridized carbons (Fsp3) is 0.667. The van der Waals surface area contributed by atoms with Crippen LogP contribution >= 0.6 is 0 Å². The van der Waals surface area contributed by atoms with Gasteiger partial charge in [0.15, 0.2) is 6.10 Å². The summed E-state index contributed by atoms with van der Waals surface area (Å²) >= 11 is 0. The van der Waals surface area contributed by atoms with E-state index in [1.54, 1.807) is 0 Å². The van der Waals surface area contributed by atoms with E-state index in [2.05, 4.69) is 4.98 Å². The normalized spacial score (nSPS) is 31.5. The van der Waals surface area contributed by atoms with Gasteiger partial charge in [0, 0.05) is 19.2 Å². The Hall–Kier alpha value is -2.41. The van der Waals surface area contributed by atoms with Gasteiger partial charge in [-0.25, -0.2) is 4.79 Å². The zero-order valence-corrected chi connectivity index (χ0v) is 14.4. The predicted molar refractivity (Wildman–Crippen MR) is 89.5 cm³/mol. The second-order valence-electron chi connectivity index (χ2n) is 6.55. The van der Waals surface area contributed by atoms with Gasteiger partial charge in [0.1, 0.15) is 29.9 Å². The molecule has 0 radical (unpaired) electrons. The number of ether oxygens (including phenoxy) is 1. The highest BCUT2D eigenvalue weighted by atomic mass is 16.8. The molecule has 0 bridgehead atoms. The highest BCUT2D eigenvalue weighted by Crippen LogP contribution is 2.22. The third-order valence-electron chi connectivity index (χ3n) is 4.63. The fourth-order valence-electron chi connectivity index (χ4n) is 3.14. The van der Waals surface area contributed by atoms with Crippen molar-refractivity contribution in [3.05, 3.63) is 11.7 Å². The SMILES string of the molecule is N=c1nc(N2CCCCC2)cc(N)n1OC1O[C@H](C(=O)O)[C@@H](O)[C@H](O)[C@H]1O. The van der Waals surface area contributed by atoms with Gasteiger partial charge in [-0.15, -0.1) is 4.73 Å². The van der Waals surface area contributed by atoms with Crippen molar-refractivity contribution < 1.29 is 34.8 Å². The number of nitrogens with two attached hydrogens (primary N) is 1. The number of carbonyl (C=O) groups is 1. The number of nitrogen functional groups attached to an aromatic ring is 1. The summed E-state index contributed by atoms with van der Waals surface area (Å²) in [4.78, 5) is 22.6. The number of carboxylic acid groups (broad SMARTS) is 1.